The van der Waals surface area contributed by atoms with Crippen LogP contribution in [0.1, 0.15) is 17.0 Å². The Morgan fingerprint density at radius 1 is 1.47 bits per heavy atom. The number of hydrogen-bond donors (Lipinski definition) is 1. The standard InChI is InChI=1S/C13H14ClFN2O2/c1-8-13(14)11(17(2)16-8)7-19-12-4-3-10(15)5-9(12)6-18/h3-5,18H,6-7H2,1-2H3. The molecule has 0 radical (unpaired) electrons. The predicted octanol–water partition coefficient (Wildman–Crippen LogP) is 2.59. The van der Waals surface area contributed by atoms with Crippen molar-refractivity contribution in [3.05, 3.63) is 46.0 Å². The maximum atomic E-state index is 13.0. The van der Waals surface area contributed by atoms with Crippen LogP contribution in [0.25, 0.3) is 0 Å². The van der Waals surface area contributed by atoms with Crippen LogP contribution in [0.15, 0.2) is 18.2 Å². The monoisotopic (exact) mass is 284 g/mol. The van der Waals surface area contributed by atoms with Crippen molar-refractivity contribution in [1.29, 1.82) is 0 Å². The van der Waals surface area contributed by atoms with Gasteiger partial charge >= 0.3 is 0 Å². The van der Waals surface area contributed by atoms with Crippen molar-refractivity contribution in [3.63, 3.8) is 0 Å². The van der Waals surface area contributed by atoms with E-state index in [9.17, 15) is 4.39 Å². The van der Waals surface area contributed by atoms with E-state index in [0.29, 0.717) is 16.3 Å². The molecule has 0 aliphatic carbocycles. The second-order valence-electron chi connectivity index (χ2n) is 4.17. The number of aliphatic hydroxyl groups is 1. The summed E-state index contributed by atoms with van der Waals surface area (Å²) in [6.45, 7) is 1.73. The number of nitrogens with zero attached hydrogens (tertiary/aromatic N) is 2. The van der Waals surface area contributed by atoms with Crippen LogP contribution in [-0.2, 0) is 20.3 Å². The predicted molar refractivity (Wildman–Crippen MR) is 69.6 cm³/mol. The fourth-order valence-electron chi connectivity index (χ4n) is 1.80. The molecule has 6 heteroatoms. The smallest absolute Gasteiger partial charge is 0.131 e. The van der Waals surface area contributed by atoms with Crippen molar-refractivity contribution in [3.8, 4) is 5.75 Å². The van der Waals surface area contributed by atoms with E-state index in [4.69, 9.17) is 21.4 Å². The molecular formula is C13H14ClFN2O2. The van der Waals surface area contributed by atoms with Crippen LogP contribution in [0.5, 0.6) is 5.75 Å². The first-order chi connectivity index (χ1) is 9.02. The van der Waals surface area contributed by atoms with E-state index in [-0.39, 0.29) is 13.2 Å². The van der Waals surface area contributed by atoms with E-state index < -0.39 is 5.82 Å². The summed E-state index contributed by atoms with van der Waals surface area (Å²) in [5.74, 6) is 0.0182. The summed E-state index contributed by atoms with van der Waals surface area (Å²) >= 11 is 6.11. The van der Waals surface area contributed by atoms with Crippen molar-refractivity contribution in [2.24, 2.45) is 7.05 Å². The summed E-state index contributed by atoms with van der Waals surface area (Å²) in [7, 11) is 1.77. The highest BCUT2D eigenvalue weighted by Crippen LogP contribution is 2.24. The molecule has 0 unspecified atom stereocenters. The Morgan fingerprint density at radius 2 is 2.21 bits per heavy atom. The highest BCUT2D eigenvalue weighted by Gasteiger charge is 2.12. The lowest BCUT2D eigenvalue weighted by molar-refractivity contribution is 0.254. The summed E-state index contributed by atoms with van der Waals surface area (Å²) in [5.41, 5.74) is 1.85. The van der Waals surface area contributed by atoms with Gasteiger partial charge in [0.2, 0.25) is 0 Å². The van der Waals surface area contributed by atoms with Crippen LogP contribution in [0, 0.1) is 12.7 Å². The van der Waals surface area contributed by atoms with Gasteiger partial charge in [0.1, 0.15) is 18.2 Å². The molecule has 2 aromatic rings. The largest absolute Gasteiger partial charge is 0.487 e. The third-order valence-electron chi connectivity index (χ3n) is 2.82. The maximum absolute atomic E-state index is 13.0. The Morgan fingerprint density at radius 3 is 2.79 bits per heavy atom. The van der Waals surface area contributed by atoms with Crippen molar-refractivity contribution in [2.75, 3.05) is 0 Å². The molecule has 0 aliphatic heterocycles. The minimum absolute atomic E-state index is 0.203. The molecule has 0 saturated carbocycles. The Balaban J connectivity index is 2.19. The molecule has 4 nitrogen and oxygen atoms in total. The normalized spacial score (nSPS) is 10.8. The number of ether oxygens (including phenoxy) is 1. The molecule has 0 spiro atoms. The third kappa shape index (κ3) is 2.88. The molecule has 0 aliphatic rings. The quantitative estimate of drug-likeness (QED) is 0.939. The van der Waals surface area contributed by atoms with E-state index in [1.54, 1.807) is 11.7 Å². The van der Waals surface area contributed by atoms with Gasteiger partial charge in [0.05, 0.1) is 23.0 Å². The topological polar surface area (TPSA) is 47.3 Å². The molecule has 1 aromatic heterocycles. The van der Waals surface area contributed by atoms with Gasteiger partial charge < -0.3 is 9.84 Å². The third-order valence-corrected chi connectivity index (χ3v) is 3.31. The van der Waals surface area contributed by atoms with Crippen LogP contribution in [0.4, 0.5) is 4.39 Å². The first-order valence-corrected chi connectivity index (χ1v) is 6.10. The average Bonchev–Trinajstić information content (AvgIpc) is 2.62. The second-order valence-corrected chi connectivity index (χ2v) is 4.55. The Hall–Kier alpha value is -1.59. The second kappa shape index (κ2) is 5.59. The summed E-state index contributed by atoms with van der Waals surface area (Å²) in [6, 6.07) is 4.01. The SMILES string of the molecule is Cc1nn(C)c(COc2ccc(F)cc2CO)c1Cl. The zero-order chi connectivity index (χ0) is 14.0. The molecule has 1 N–H and O–H groups in total. The number of rotatable bonds is 4. The van der Waals surface area contributed by atoms with Crippen LogP contribution in [0.3, 0.4) is 0 Å². The van der Waals surface area contributed by atoms with Gasteiger partial charge in [-0.15, -0.1) is 0 Å². The average molecular weight is 285 g/mol. The summed E-state index contributed by atoms with van der Waals surface area (Å²) in [5, 5.41) is 13.9. The molecule has 0 bridgehead atoms. The molecule has 1 aromatic carbocycles. The van der Waals surface area contributed by atoms with Crippen molar-refractivity contribution >= 4 is 11.6 Å². The molecule has 1 heterocycles. The first kappa shape index (κ1) is 13.8. The number of hydrogen-bond acceptors (Lipinski definition) is 3. The van der Waals surface area contributed by atoms with Gasteiger partial charge in [-0.2, -0.15) is 5.10 Å². The van der Waals surface area contributed by atoms with Gasteiger partial charge in [0, 0.05) is 12.6 Å². The summed E-state index contributed by atoms with van der Waals surface area (Å²) < 4.78 is 20.2. The van der Waals surface area contributed by atoms with Crippen LogP contribution >= 0.6 is 11.6 Å². The van der Waals surface area contributed by atoms with Gasteiger partial charge in [-0.1, -0.05) is 11.6 Å². The molecular weight excluding hydrogens is 271 g/mol. The van der Waals surface area contributed by atoms with E-state index in [1.807, 2.05) is 6.92 Å². The van der Waals surface area contributed by atoms with Gasteiger partial charge in [-0.05, 0) is 25.1 Å². The molecule has 19 heavy (non-hydrogen) atoms. The van der Waals surface area contributed by atoms with E-state index >= 15 is 0 Å². The first-order valence-electron chi connectivity index (χ1n) is 5.73. The summed E-state index contributed by atoms with van der Waals surface area (Å²) in [4.78, 5) is 0. The van der Waals surface area contributed by atoms with Gasteiger partial charge in [0.15, 0.2) is 0 Å². The lowest BCUT2D eigenvalue weighted by Gasteiger charge is -2.10. The molecule has 0 atom stereocenters. The maximum Gasteiger partial charge on any atom is 0.131 e. The highest BCUT2D eigenvalue weighted by molar-refractivity contribution is 6.31. The number of halogens is 2. The van der Waals surface area contributed by atoms with Crippen LogP contribution < -0.4 is 4.74 Å². The van der Waals surface area contributed by atoms with Crippen LogP contribution in [-0.4, -0.2) is 14.9 Å². The van der Waals surface area contributed by atoms with Crippen LogP contribution in [0.2, 0.25) is 5.02 Å². The highest BCUT2D eigenvalue weighted by atomic mass is 35.5. The van der Waals surface area contributed by atoms with Crippen molar-refractivity contribution < 1.29 is 14.2 Å². The minimum atomic E-state index is -0.411. The number of aromatic nitrogens is 2. The Kier molecular flexibility index (Phi) is 4.07. The number of aryl methyl sites for hydroxylation is 2. The minimum Gasteiger partial charge on any atom is -0.487 e. The zero-order valence-electron chi connectivity index (χ0n) is 10.7. The van der Waals surface area contributed by atoms with Gasteiger partial charge in [-0.3, -0.25) is 4.68 Å². The Bertz CT molecular complexity index is 599. The Labute approximate surface area is 115 Å². The van der Waals surface area contributed by atoms with Crippen molar-refractivity contribution in [2.45, 2.75) is 20.1 Å². The van der Waals surface area contributed by atoms with E-state index in [2.05, 4.69) is 5.10 Å². The van der Waals surface area contributed by atoms with Gasteiger partial charge in [-0.25, -0.2) is 4.39 Å². The fourth-order valence-corrected chi connectivity index (χ4v) is 2.01. The molecule has 2 rings (SSSR count). The lowest BCUT2D eigenvalue weighted by Crippen LogP contribution is -2.05. The number of benzene rings is 1. The number of aliphatic hydroxyl groups excluding tert-OH is 1. The lowest BCUT2D eigenvalue weighted by atomic mass is 10.2. The fraction of sp³-hybridized carbons (Fsp3) is 0.308. The zero-order valence-corrected chi connectivity index (χ0v) is 11.4. The van der Waals surface area contributed by atoms with E-state index in [1.165, 1.54) is 18.2 Å². The molecule has 0 saturated heterocycles. The van der Waals surface area contributed by atoms with Crippen molar-refractivity contribution in [1.82, 2.24) is 9.78 Å². The molecule has 0 fully saturated rings. The van der Waals surface area contributed by atoms with Gasteiger partial charge in [0.25, 0.3) is 0 Å². The molecule has 102 valence electrons. The summed E-state index contributed by atoms with van der Waals surface area (Å²) in [6.07, 6.45) is 0. The molecule has 0 amide bonds. The van der Waals surface area contributed by atoms with E-state index in [0.717, 1.165) is 11.4 Å².